The molecule has 1 aliphatic rings. The van der Waals surface area contributed by atoms with Crippen molar-refractivity contribution in [1.82, 2.24) is 4.90 Å². The second-order valence-electron chi connectivity index (χ2n) is 5.24. The summed E-state index contributed by atoms with van der Waals surface area (Å²) in [6.07, 6.45) is 2.97. The summed E-state index contributed by atoms with van der Waals surface area (Å²) in [7, 11) is 0. The molecule has 1 N–H and O–H groups in total. The topological polar surface area (TPSA) is 32.3 Å². The second-order valence-corrected chi connectivity index (χ2v) is 5.24. The molecule has 0 bridgehead atoms. The summed E-state index contributed by atoms with van der Waals surface area (Å²) in [5.41, 5.74) is 2.30. The van der Waals surface area contributed by atoms with Crippen molar-refractivity contribution < 1.29 is 4.79 Å². The molecule has 3 nitrogen and oxygen atoms in total. The van der Waals surface area contributed by atoms with Crippen molar-refractivity contribution in [3.8, 4) is 0 Å². The fraction of sp³-hybridized carbons (Fsp3) is 0.562. The molecule has 19 heavy (non-hydrogen) atoms. The van der Waals surface area contributed by atoms with Crippen LogP contribution < -0.4 is 5.32 Å². The maximum absolute atomic E-state index is 11.4. The van der Waals surface area contributed by atoms with Gasteiger partial charge >= 0.3 is 0 Å². The highest BCUT2D eigenvalue weighted by Gasteiger charge is 2.19. The Labute approximate surface area is 116 Å². The lowest BCUT2D eigenvalue weighted by molar-refractivity contribution is -0.115. The first-order chi connectivity index (χ1) is 9.22. The summed E-state index contributed by atoms with van der Waals surface area (Å²) in [5, 5.41) is 2.94. The summed E-state index contributed by atoms with van der Waals surface area (Å²) in [6, 6.07) is 8.35. The van der Waals surface area contributed by atoms with Crippen molar-refractivity contribution in [2.45, 2.75) is 39.0 Å². The quantitative estimate of drug-likeness (QED) is 0.901. The molecule has 1 amide bonds. The summed E-state index contributed by atoms with van der Waals surface area (Å²) in [5.74, 6) is 0.722. The van der Waals surface area contributed by atoms with Gasteiger partial charge in [-0.3, -0.25) is 4.79 Å². The Morgan fingerprint density at radius 1 is 1.32 bits per heavy atom. The van der Waals surface area contributed by atoms with Crippen LogP contribution >= 0.6 is 0 Å². The highest BCUT2D eigenvalue weighted by Crippen LogP contribution is 2.29. The third kappa shape index (κ3) is 3.80. The monoisotopic (exact) mass is 260 g/mol. The Morgan fingerprint density at radius 3 is 2.68 bits per heavy atom. The van der Waals surface area contributed by atoms with Crippen molar-refractivity contribution in [2.75, 3.05) is 25.0 Å². The van der Waals surface area contributed by atoms with Gasteiger partial charge in [0.2, 0.25) is 5.91 Å². The van der Waals surface area contributed by atoms with E-state index in [4.69, 9.17) is 0 Å². The van der Waals surface area contributed by atoms with E-state index in [0.717, 1.165) is 12.2 Å². The van der Waals surface area contributed by atoms with Crippen LogP contribution in [-0.2, 0) is 4.79 Å². The lowest BCUT2D eigenvalue weighted by Gasteiger charge is -2.31. The van der Waals surface area contributed by atoms with Gasteiger partial charge in [-0.05, 0) is 56.1 Å². The van der Waals surface area contributed by atoms with Gasteiger partial charge in [-0.15, -0.1) is 0 Å². The van der Waals surface area contributed by atoms with Gasteiger partial charge in [-0.25, -0.2) is 0 Å². The number of carbonyl (C=O) groups excluding carboxylic acids is 1. The zero-order chi connectivity index (χ0) is 13.7. The number of likely N-dealkylation sites (tertiary alicyclic amines) is 1. The summed E-state index contributed by atoms with van der Waals surface area (Å²) < 4.78 is 0. The fourth-order valence-electron chi connectivity index (χ4n) is 2.70. The third-order valence-electron chi connectivity index (χ3n) is 4.00. The molecule has 1 aliphatic heterocycles. The standard InChI is InChI=1S/C16H24N2O/c1-3-16(19)17-15-7-5-6-14(12-15)13-8-10-18(4-2)11-9-13/h5-7,12-13H,3-4,8-11H2,1-2H3,(H,17,19). The number of amides is 1. The molecule has 1 heterocycles. The van der Waals surface area contributed by atoms with Crippen molar-refractivity contribution in [2.24, 2.45) is 0 Å². The van der Waals surface area contributed by atoms with Gasteiger partial charge in [0.15, 0.2) is 0 Å². The highest BCUT2D eigenvalue weighted by atomic mass is 16.1. The number of anilines is 1. The Morgan fingerprint density at radius 2 is 2.05 bits per heavy atom. The van der Waals surface area contributed by atoms with Crippen LogP contribution in [0.15, 0.2) is 24.3 Å². The van der Waals surface area contributed by atoms with E-state index in [1.165, 1.54) is 31.5 Å². The lowest BCUT2D eigenvalue weighted by Crippen LogP contribution is -2.32. The number of hydrogen-bond acceptors (Lipinski definition) is 2. The average molecular weight is 260 g/mol. The summed E-state index contributed by atoms with van der Waals surface area (Å²) in [6.45, 7) is 7.62. The first kappa shape index (κ1) is 14.1. The molecule has 1 aromatic rings. The molecule has 1 saturated heterocycles. The molecule has 1 aromatic carbocycles. The first-order valence-electron chi connectivity index (χ1n) is 7.35. The number of nitrogens with zero attached hydrogens (tertiary/aromatic N) is 1. The molecule has 0 aliphatic carbocycles. The molecular formula is C16H24N2O. The van der Waals surface area contributed by atoms with E-state index in [-0.39, 0.29) is 5.91 Å². The maximum atomic E-state index is 11.4. The Kier molecular flexibility index (Phi) is 4.97. The molecule has 0 unspecified atom stereocenters. The van der Waals surface area contributed by atoms with E-state index in [9.17, 15) is 4.79 Å². The molecule has 0 radical (unpaired) electrons. The van der Waals surface area contributed by atoms with Crippen molar-refractivity contribution in [3.05, 3.63) is 29.8 Å². The van der Waals surface area contributed by atoms with E-state index in [1.54, 1.807) is 0 Å². The zero-order valence-corrected chi connectivity index (χ0v) is 12.0. The van der Waals surface area contributed by atoms with Crippen molar-refractivity contribution >= 4 is 11.6 Å². The highest BCUT2D eigenvalue weighted by molar-refractivity contribution is 5.90. The van der Waals surface area contributed by atoms with Crippen LogP contribution in [0, 0.1) is 0 Å². The predicted octanol–water partition coefficient (Wildman–Crippen LogP) is 3.23. The van der Waals surface area contributed by atoms with E-state index in [1.807, 2.05) is 19.1 Å². The van der Waals surface area contributed by atoms with Gasteiger partial charge in [-0.1, -0.05) is 26.0 Å². The number of nitrogens with one attached hydrogen (secondary N) is 1. The van der Waals surface area contributed by atoms with Crippen LogP contribution in [0.5, 0.6) is 0 Å². The predicted molar refractivity (Wildman–Crippen MR) is 79.5 cm³/mol. The van der Waals surface area contributed by atoms with Crippen LogP contribution in [0.1, 0.15) is 44.6 Å². The molecule has 3 heteroatoms. The number of benzene rings is 1. The lowest BCUT2D eigenvalue weighted by atomic mass is 9.89. The van der Waals surface area contributed by atoms with E-state index >= 15 is 0 Å². The van der Waals surface area contributed by atoms with Crippen molar-refractivity contribution in [1.29, 1.82) is 0 Å². The molecule has 0 aromatic heterocycles. The molecule has 0 spiro atoms. The van der Waals surface area contributed by atoms with Gasteiger partial charge < -0.3 is 10.2 Å². The van der Waals surface area contributed by atoms with Crippen LogP contribution in [-0.4, -0.2) is 30.4 Å². The Balaban J connectivity index is 2.01. The first-order valence-corrected chi connectivity index (χ1v) is 7.35. The minimum Gasteiger partial charge on any atom is -0.326 e. The fourth-order valence-corrected chi connectivity index (χ4v) is 2.70. The van der Waals surface area contributed by atoms with Gasteiger partial charge in [0.05, 0.1) is 0 Å². The molecule has 0 saturated carbocycles. The van der Waals surface area contributed by atoms with E-state index in [0.29, 0.717) is 12.3 Å². The average Bonchev–Trinajstić information content (AvgIpc) is 2.47. The number of carbonyl (C=O) groups is 1. The maximum Gasteiger partial charge on any atom is 0.224 e. The van der Waals surface area contributed by atoms with Gasteiger partial charge in [-0.2, -0.15) is 0 Å². The minimum absolute atomic E-state index is 0.0814. The second kappa shape index (κ2) is 6.71. The van der Waals surface area contributed by atoms with Crippen LogP contribution in [0.2, 0.25) is 0 Å². The van der Waals surface area contributed by atoms with Crippen LogP contribution in [0.4, 0.5) is 5.69 Å². The van der Waals surface area contributed by atoms with Gasteiger partial charge in [0, 0.05) is 12.1 Å². The van der Waals surface area contributed by atoms with Crippen LogP contribution in [0.25, 0.3) is 0 Å². The van der Waals surface area contributed by atoms with E-state index < -0.39 is 0 Å². The molecule has 2 rings (SSSR count). The Hall–Kier alpha value is -1.35. The smallest absolute Gasteiger partial charge is 0.224 e. The van der Waals surface area contributed by atoms with Crippen molar-refractivity contribution in [3.63, 3.8) is 0 Å². The number of hydrogen-bond donors (Lipinski definition) is 1. The normalized spacial score (nSPS) is 17.4. The van der Waals surface area contributed by atoms with Crippen LogP contribution in [0.3, 0.4) is 0 Å². The summed E-state index contributed by atoms with van der Waals surface area (Å²) >= 11 is 0. The molecular weight excluding hydrogens is 236 g/mol. The summed E-state index contributed by atoms with van der Waals surface area (Å²) in [4.78, 5) is 13.9. The zero-order valence-electron chi connectivity index (χ0n) is 12.0. The Bertz CT molecular complexity index is 423. The number of piperidine rings is 1. The van der Waals surface area contributed by atoms with Gasteiger partial charge in [0.1, 0.15) is 0 Å². The van der Waals surface area contributed by atoms with Gasteiger partial charge in [0.25, 0.3) is 0 Å². The molecule has 1 fully saturated rings. The third-order valence-corrected chi connectivity index (χ3v) is 4.00. The minimum atomic E-state index is 0.0814. The molecule has 104 valence electrons. The van der Waals surface area contributed by atoms with E-state index in [2.05, 4.69) is 29.3 Å². The SMILES string of the molecule is CCC(=O)Nc1cccc(C2CCN(CC)CC2)c1. The number of rotatable bonds is 4. The largest absolute Gasteiger partial charge is 0.326 e. The molecule has 0 atom stereocenters.